The molecule has 1 aromatic rings. The van der Waals surface area contributed by atoms with E-state index in [1.54, 1.807) is 24.8 Å². The number of rotatable bonds is 5. The maximum absolute atomic E-state index is 11.8. The number of aliphatic carboxylic acids is 2. The molecule has 2 aliphatic carbocycles. The molecule has 3 rings (SSSR count). The lowest BCUT2D eigenvalue weighted by atomic mass is 9.75. The number of thioether (sulfide) groups is 1. The molecule has 0 bridgehead atoms. The third kappa shape index (κ3) is 2.40. The van der Waals surface area contributed by atoms with Crippen molar-refractivity contribution in [3.63, 3.8) is 0 Å². The normalized spacial score (nSPS) is 35.9. The van der Waals surface area contributed by atoms with Gasteiger partial charge in [-0.1, -0.05) is 17.7 Å². The summed E-state index contributed by atoms with van der Waals surface area (Å²) >= 11 is 7.55. The van der Waals surface area contributed by atoms with E-state index in [1.165, 1.54) is 0 Å². The lowest BCUT2D eigenvalue weighted by Gasteiger charge is -2.30. The highest BCUT2D eigenvalue weighted by Crippen LogP contribution is 2.69. The average molecular weight is 341 g/mol. The van der Waals surface area contributed by atoms with Gasteiger partial charge in [-0.2, -0.15) is 0 Å². The molecule has 2 aliphatic rings. The molecule has 0 saturated heterocycles. The Labute approximate surface area is 137 Å². The Morgan fingerprint density at radius 1 is 1.41 bits per heavy atom. The number of fused-ring (bicyclic) bond motifs is 1. The van der Waals surface area contributed by atoms with Crippen molar-refractivity contribution in [2.45, 2.75) is 18.2 Å². The topological polar surface area (TPSA) is 74.6 Å². The van der Waals surface area contributed by atoms with Crippen molar-refractivity contribution in [2.75, 3.05) is 5.75 Å². The van der Waals surface area contributed by atoms with Crippen molar-refractivity contribution in [2.24, 2.45) is 29.1 Å². The van der Waals surface area contributed by atoms with E-state index in [2.05, 4.69) is 0 Å². The van der Waals surface area contributed by atoms with Gasteiger partial charge in [-0.3, -0.25) is 9.59 Å². The summed E-state index contributed by atoms with van der Waals surface area (Å²) in [6.45, 7) is 1.71. The number of carbonyl (C=O) groups is 2. The van der Waals surface area contributed by atoms with Gasteiger partial charge in [0.25, 0.3) is 0 Å². The van der Waals surface area contributed by atoms with Crippen molar-refractivity contribution < 1.29 is 19.8 Å². The first kappa shape index (κ1) is 15.7. The van der Waals surface area contributed by atoms with Crippen molar-refractivity contribution in [1.82, 2.24) is 0 Å². The maximum atomic E-state index is 11.8. The average Bonchev–Trinajstić information content (AvgIpc) is 3.10. The third-order valence-corrected chi connectivity index (χ3v) is 6.65. The summed E-state index contributed by atoms with van der Waals surface area (Å²) in [5, 5.41) is 19.5. The Bertz CT molecular complexity index is 634. The molecule has 2 saturated carbocycles. The number of halogens is 1. The smallest absolute Gasteiger partial charge is 0.309 e. The summed E-state index contributed by atoms with van der Waals surface area (Å²) in [5.41, 5.74) is -0.945. The van der Waals surface area contributed by atoms with Crippen LogP contribution in [-0.4, -0.2) is 27.9 Å². The Balaban J connectivity index is 1.72. The zero-order chi connectivity index (χ0) is 16.1. The quantitative estimate of drug-likeness (QED) is 0.802. The Morgan fingerprint density at radius 2 is 2.14 bits per heavy atom. The molecule has 0 heterocycles. The lowest BCUT2D eigenvalue weighted by molar-refractivity contribution is -0.152. The first-order valence-electron chi connectivity index (χ1n) is 7.20. The largest absolute Gasteiger partial charge is 0.481 e. The van der Waals surface area contributed by atoms with Crippen LogP contribution in [0, 0.1) is 29.1 Å². The Hall–Kier alpha value is -1.20. The molecule has 4 nitrogen and oxygen atoms in total. The molecule has 3 unspecified atom stereocenters. The summed E-state index contributed by atoms with van der Waals surface area (Å²) in [5.74, 6) is -1.77. The summed E-state index contributed by atoms with van der Waals surface area (Å²) in [6, 6.07) is 7.48. The fourth-order valence-corrected chi connectivity index (χ4v) is 5.50. The number of hydrogen-bond acceptors (Lipinski definition) is 3. The van der Waals surface area contributed by atoms with Gasteiger partial charge < -0.3 is 10.2 Å². The first-order chi connectivity index (χ1) is 10.4. The molecular formula is C16H17ClO4S. The molecule has 0 spiro atoms. The van der Waals surface area contributed by atoms with Gasteiger partial charge in [-0.25, -0.2) is 0 Å². The van der Waals surface area contributed by atoms with Crippen LogP contribution in [0.5, 0.6) is 0 Å². The van der Waals surface area contributed by atoms with Crippen LogP contribution in [0.2, 0.25) is 5.02 Å². The van der Waals surface area contributed by atoms with Crippen molar-refractivity contribution in [3.8, 4) is 0 Å². The molecule has 118 valence electrons. The molecule has 0 aliphatic heterocycles. The van der Waals surface area contributed by atoms with Gasteiger partial charge in [-0.05, 0) is 49.3 Å². The van der Waals surface area contributed by atoms with Gasteiger partial charge in [0, 0.05) is 15.7 Å². The van der Waals surface area contributed by atoms with E-state index in [9.17, 15) is 19.8 Å². The maximum Gasteiger partial charge on any atom is 0.309 e. The molecule has 0 amide bonds. The Morgan fingerprint density at radius 3 is 2.73 bits per heavy atom. The van der Waals surface area contributed by atoms with Gasteiger partial charge >= 0.3 is 11.9 Å². The SMILES string of the molecule is C[C@@]1(C(=O)O)C(CSc2cccc(Cl)c2)C[C@H]2C(C(=O)O)C21. The Kier molecular flexibility index (Phi) is 3.89. The number of carboxylic acids is 2. The molecule has 22 heavy (non-hydrogen) atoms. The van der Waals surface area contributed by atoms with E-state index >= 15 is 0 Å². The second-order valence-corrected chi connectivity index (χ2v) is 7.87. The van der Waals surface area contributed by atoms with E-state index in [0.29, 0.717) is 17.2 Å². The van der Waals surface area contributed by atoms with Crippen molar-refractivity contribution in [1.29, 1.82) is 0 Å². The fourth-order valence-electron chi connectivity index (χ4n) is 3.98. The van der Waals surface area contributed by atoms with Gasteiger partial charge in [-0.15, -0.1) is 11.8 Å². The first-order valence-corrected chi connectivity index (χ1v) is 8.56. The monoisotopic (exact) mass is 340 g/mol. The number of hydrogen-bond donors (Lipinski definition) is 2. The van der Waals surface area contributed by atoms with Gasteiger partial charge in [0.2, 0.25) is 0 Å². The molecule has 2 N–H and O–H groups in total. The second-order valence-electron chi connectivity index (χ2n) is 6.34. The second kappa shape index (κ2) is 5.46. The molecule has 2 fully saturated rings. The highest BCUT2D eigenvalue weighted by atomic mass is 35.5. The predicted molar refractivity (Wildman–Crippen MR) is 84.1 cm³/mol. The van der Waals surface area contributed by atoms with Gasteiger partial charge in [0.05, 0.1) is 11.3 Å². The van der Waals surface area contributed by atoms with Crippen LogP contribution >= 0.6 is 23.4 Å². The van der Waals surface area contributed by atoms with Crippen LogP contribution in [0.25, 0.3) is 0 Å². The highest BCUT2D eigenvalue weighted by Gasteiger charge is 2.72. The predicted octanol–water partition coefficient (Wildman–Crippen LogP) is 3.49. The minimum atomic E-state index is -0.945. The fraction of sp³-hybridized carbons (Fsp3) is 0.500. The van der Waals surface area contributed by atoms with Gasteiger partial charge in [0.15, 0.2) is 0 Å². The zero-order valence-electron chi connectivity index (χ0n) is 12.0. The molecule has 0 aromatic heterocycles. The molecule has 0 radical (unpaired) electrons. The van der Waals surface area contributed by atoms with E-state index < -0.39 is 23.3 Å². The number of benzene rings is 1. The summed E-state index contributed by atoms with van der Waals surface area (Å²) in [7, 11) is 0. The minimum Gasteiger partial charge on any atom is -0.481 e. The zero-order valence-corrected chi connectivity index (χ0v) is 13.6. The van der Waals surface area contributed by atoms with Crippen molar-refractivity contribution in [3.05, 3.63) is 29.3 Å². The van der Waals surface area contributed by atoms with Crippen LogP contribution in [0.3, 0.4) is 0 Å². The van der Waals surface area contributed by atoms with Crippen LogP contribution in [0.15, 0.2) is 29.2 Å². The highest BCUT2D eigenvalue weighted by molar-refractivity contribution is 7.99. The van der Waals surface area contributed by atoms with Crippen LogP contribution in [0.4, 0.5) is 0 Å². The molecule has 6 heteroatoms. The van der Waals surface area contributed by atoms with Crippen LogP contribution in [-0.2, 0) is 9.59 Å². The van der Waals surface area contributed by atoms with E-state index in [0.717, 1.165) is 4.90 Å². The van der Waals surface area contributed by atoms with Crippen molar-refractivity contribution >= 4 is 35.3 Å². The summed E-state index contributed by atoms with van der Waals surface area (Å²) in [4.78, 5) is 24.0. The number of carboxylic acid groups (broad SMARTS) is 2. The van der Waals surface area contributed by atoms with E-state index in [-0.39, 0.29) is 17.8 Å². The van der Waals surface area contributed by atoms with Gasteiger partial charge in [0.1, 0.15) is 0 Å². The van der Waals surface area contributed by atoms with Crippen LogP contribution in [0.1, 0.15) is 13.3 Å². The molecular weight excluding hydrogens is 324 g/mol. The summed E-state index contributed by atoms with van der Waals surface area (Å²) < 4.78 is 0. The summed E-state index contributed by atoms with van der Waals surface area (Å²) in [6.07, 6.45) is 0.679. The minimum absolute atomic E-state index is 0.0143. The molecule has 1 aromatic carbocycles. The van der Waals surface area contributed by atoms with E-state index in [1.807, 2.05) is 18.2 Å². The third-order valence-electron chi connectivity index (χ3n) is 5.26. The lowest BCUT2D eigenvalue weighted by Crippen LogP contribution is -2.38. The van der Waals surface area contributed by atoms with Crippen LogP contribution < -0.4 is 0 Å². The van der Waals surface area contributed by atoms with E-state index in [4.69, 9.17) is 11.6 Å². The molecule has 5 atom stereocenters. The standard InChI is InChI=1S/C16H17ClO4S/c1-16(15(20)21)8(5-11-12(13(11)16)14(18)19)7-22-10-4-2-3-9(17)6-10/h2-4,6,8,11-13H,5,7H2,1H3,(H,18,19)(H,20,21)/t8?,11-,12?,13?,16+/m0/s1.